The van der Waals surface area contributed by atoms with Crippen molar-refractivity contribution >= 4 is 43.7 Å². The molecule has 0 aliphatic carbocycles. The highest BCUT2D eigenvalue weighted by molar-refractivity contribution is 6.04. The van der Waals surface area contributed by atoms with E-state index in [2.05, 4.69) is 70.6 Å². The minimum absolute atomic E-state index is 0.528. The standard InChI is InChI=1S/C44H26N6O/c1-3-9-27(10-4-1)41-48-42(28-11-5-2-6-12-28)50-43(49-41)30-17-15-29(16-18-30)40-45-26-38-39(47-40)37-24-36(25-46-44(37)51-38)34-20-19-33-21-31-13-7-8-14-32(31)22-35(33)23-34/h1-26H. The highest BCUT2D eigenvalue weighted by Crippen LogP contribution is 2.33. The van der Waals surface area contributed by atoms with Crippen LogP contribution in [0.4, 0.5) is 0 Å². The Morgan fingerprint density at radius 2 is 0.882 bits per heavy atom. The van der Waals surface area contributed by atoms with Crippen molar-refractivity contribution in [1.29, 1.82) is 0 Å². The van der Waals surface area contributed by atoms with E-state index >= 15 is 0 Å². The van der Waals surface area contributed by atoms with Gasteiger partial charge in [0.1, 0.15) is 5.52 Å². The average molecular weight is 655 g/mol. The van der Waals surface area contributed by atoms with Gasteiger partial charge in [0, 0.05) is 34.0 Å². The van der Waals surface area contributed by atoms with E-state index in [0.717, 1.165) is 44.3 Å². The van der Waals surface area contributed by atoms with E-state index in [1.807, 2.05) is 91.1 Å². The number of rotatable bonds is 5. The number of hydrogen-bond donors (Lipinski definition) is 0. The van der Waals surface area contributed by atoms with Gasteiger partial charge in [0.05, 0.1) is 11.6 Å². The van der Waals surface area contributed by atoms with Crippen molar-refractivity contribution in [1.82, 2.24) is 29.9 Å². The van der Waals surface area contributed by atoms with Crippen molar-refractivity contribution in [3.05, 3.63) is 158 Å². The second-order valence-electron chi connectivity index (χ2n) is 12.5. The summed E-state index contributed by atoms with van der Waals surface area (Å²) in [5.41, 5.74) is 7.49. The van der Waals surface area contributed by atoms with Crippen molar-refractivity contribution in [3.8, 4) is 56.7 Å². The van der Waals surface area contributed by atoms with Crippen LogP contribution < -0.4 is 0 Å². The Balaban J connectivity index is 1.01. The third-order valence-electron chi connectivity index (χ3n) is 9.21. The highest BCUT2D eigenvalue weighted by Gasteiger charge is 2.16. The lowest BCUT2D eigenvalue weighted by atomic mass is 9.99. The molecule has 0 atom stereocenters. The van der Waals surface area contributed by atoms with Gasteiger partial charge in [-0.2, -0.15) is 0 Å². The number of benzene rings is 6. The Labute approximate surface area is 292 Å². The molecule has 0 fully saturated rings. The van der Waals surface area contributed by atoms with Crippen molar-refractivity contribution in [2.24, 2.45) is 0 Å². The summed E-state index contributed by atoms with van der Waals surface area (Å²) in [6.07, 6.45) is 3.58. The Morgan fingerprint density at radius 1 is 0.353 bits per heavy atom. The van der Waals surface area contributed by atoms with E-state index in [4.69, 9.17) is 24.4 Å². The van der Waals surface area contributed by atoms with E-state index in [-0.39, 0.29) is 0 Å². The first kappa shape index (κ1) is 28.9. The van der Waals surface area contributed by atoms with E-state index in [1.54, 1.807) is 6.20 Å². The monoisotopic (exact) mass is 654 g/mol. The van der Waals surface area contributed by atoms with Gasteiger partial charge in [-0.15, -0.1) is 0 Å². The quantitative estimate of drug-likeness (QED) is 0.171. The fraction of sp³-hybridized carbons (Fsp3) is 0. The summed E-state index contributed by atoms with van der Waals surface area (Å²) in [6, 6.07) is 49.4. The first-order valence-corrected chi connectivity index (χ1v) is 16.7. The van der Waals surface area contributed by atoms with Crippen LogP contribution in [0, 0.1) is 0 Å². The molecule has 0 N–H and O–H groups in total. The van der Waals surface area contributed by atoms with Gasteiger partial charge in [0.2, 0.25) is 5.71 Å². The lowest BCUT2D eigenvalue weighted by Crippen LogP contribution is -2.00. The summed E-state index contributed by atoms with van der Waals surface area (Å²) in [5, 5.41) is 5.67. The first-order chi connectivity index (χ1) is 25.2. The molecule has 0 saturated carbocycles. The summed E-state index contributed by atoms with van der Waals surface area (Å²) in [7, 11) is 0. The third kappa shape index (κ3) is 5.25. The minimum atomic E-state index is 0.528. The van der Waals surface area contributed by atoms with Crippen LogP contribution in [0.1, 0.15) is 0 Å². The van der Waals surface area contributed by atoms with Gasteiger partial charge in [-0.05, 0) is 51.4 Å². The van der Waals surface area contributed by atoms with Crippen LogP contribution >= 0.6 is 0 Å². The molecule has 10 aromatic rings. The number of fused-ring (bicyclic) bond motifs is 5. The lowest BCUT2D eigenvalue weighted by molar-refractivity contribution is 0.651. The molecule has 0 radical (unpaired) electrons. The zero-order valence-corrected chi connectivity index (χ0v) is 27.1. The van der Waals surface area contributed by atoms with Crippen LogP contribution in [0.2, 0.25) is 0 Å². The number of hydrogen-bond acceptors (Lipinski definition) is 7. The van der Waals surface area contributed by atoms with Crippen molar-refractivity contribution in [3.63, 3.8) is 0 Å². The largest absolute Gasteiger partial charge is 0.434 e. The molecule has 0 bridgehead atoms. The Morgan fingerprint density at radius 3 is 1.53 bits per heavy atom. The maximum absolute atomic E-state index is 6.07. The molecule has 0 saturated heterocycles. The second-order valence-corrected chi connectivity index (χ2v) is 12.5. The van der Waals surface area contributed by atoms with E-state index in [1.165, 1.54) is 21.5 Å². The van der Waals surface area contributed by atoms with Gasteiger partial charge in [-0.3, -0.25) is 0 Å². The second kappa shape index (κ2) is 11.8. The molecule has 238 valence electrons. The molecule has 10 rings (SSSR count). The molecule has 7 nitrogen and oxygen atoms in total. The Kier molecular flexibility index (Phi) is 6.67. The van der Waals surface area contributed by atoms with Crippen LogP contribution in [0.3, 0.4) is 0 Å². The molecule has 51 heavy (non-hydrogen) atoms. The van der Waals surface area contributed by atoms with Crippen LogP contribution in [-0.2, 0) is 0 Å². The summed E-state index contributed by atoms with van der Waals surface area (Å²) in [4.78, 5) is 28.8. The minimum Gasteiger partial charge on any atom is -0.434 e. The Bertz CT molecular complexity index is 2850. The molecule has 6 aromatic carbocycles. The Hall–Kier alpha value is -7.12. The first-order valence-electron chi connectivity index (χ1n) is 16.7. The molecule has 0 amide bonds. The number of pyridine rings is 1. The van der Waals surface area contributed by atoms with E-state index < -0.39 is 0 Å². The van der Waals surface area contributed by atoms with Gasteiger partial charge < -0.3 is 4.42 Å². The van der Waals surface area contributed by atoms with Gasteiger partial charge >= 0.3 is 0 Å². The maximum Gasteiger partial charge on any atom is 0.229 e. The van der Waals surface area contributed by atoms with Gasteiger partial charge in [0.15, 0.2) is 28.9 Å². The van der Waals surface area contributed by atoms with Gasteiger partial charge in [-0.25, -0.2) is 29.9 Å². The normalized spacial score (nSPS) is 11.5. The molecule has 4 aromatic heterocycles. The maximum atomic E-state index is 6.07. The molecular weight excluding hydrogens is 629 g/mol. The zero-order valence-electron chi connectivity index (χ0n) is 27.1. The van der Waals surface area contributed by atoms with Crippen molar-refractivity contribution in [2.75, 3.05) is 0 Å². The molecule has 0 spiro atoms. The van der Waals surface area contributed by atoms with E-state index in [9.17, 15) is 0 Å². The molecule has 4 heterocycles. The predicted octanol–water partition coefficient (Wildman–Crippen LogP) is 10.6. The van der Waals surface area contributed by atoms with Gasteiger partial charge in [-0.1, -0.05) is 121 Å². The fourth-order valence-electron chi connectivity index (χ4n) is 6.57. The van der Waals surface area contributed by atoms with Crippen molar-refractivity contribution < 1.29 is 4.42 Å². The number of aromatic nitrogens is 6. The average Bonchev–Trinajstić information content (AvgIpc) is 3.58. The molecule has 7 heteroatoms. The van der Waals surface area contributed by atoms with E-state index in [0.29, 0.717) is 34.6 Å². The summed E-state index contributed by atoms with van der Waals surface area (Å²) in [6.45, 7) is 0. The molecular formula is C44H26N6O. The summed E-state index contributed by atoms with van der Waals surface area (Å²) < 4.78 is 6.07. The number of furan rings is 1. The highest BCUT2D eigenvalue weighted by atomic mass is 16.3. The van der Waals surface area contributed by atoms with Crippen LogP contribution in [0.25, 0.3) is 100 Å². The van der Waals surface area contributed by atoms with Crippen molar-refractivity contribution in [2.45, 2.75) is 0 Å². The smallest absolute Gasteiger partial charge is 0.229 e. The zero-order chi connectivity index (χ0) is 33.7. The predicted molar refractivity (Wildman–Crippen MR) is 203 cm³/mol. The number of nitrogens with zero attached hydrogens (tertiary/aromatic N) is 6. The SMILES string of the molecule is c1ccc(-c2nc(-c3ccccc3)nc(-c3ccc(-c4ncc5oc6ncc(-c7ccc8cc9ccccc9cc8c7)cc6c5n4)cc3)n2)cc1. The summed E-state index contributed by atoms with van der Waals surface area (Å²) >= 11 is 0. The molecule has 0 unspecified atom stereocenters. The van der Waals surface area contributed by atoms with Crippen LogP contribution in [0.15, 0.2) is 162 Å². The van der Waals surface area contributed by atoms with Gasteiger partial charge in [0.25, 0.3) is 0 Å². The topological polar surface area (TPSA) is 90.5 Å². The fourth-order valence-corrected chi connectivity index (χ4v) is 6.57. The molecule has 0 aliphatic heterocycles. The lowest BCUT2D eigenvalue weighted by Gasteiger charge is -2.09. The summed E-state index contributed by atoms with van der Waals surface area (Å²) in [5.74, 6) is 2.42. The van der Waals surface area contributed by atoms with Crippen LogP contribution in [-0.4, -0.2) is 29.9 Å². The third-order valence-corrected chi connectivity index (χ3v) is 9.21. The molecule has 0 aliphatic rings. The van der Waals surface area contributed by atoms with Crippen LogP contribution in [0.5, 0.6) is 0 Å².